The molecule has 0 spiro atoms. The van der Waals surface area contributed by atoms with Gasteiger partial charge >= 0.3 is 0 Å². The second-order valence-corrected chi connectivity index (χ2v) is 7.94. The van der Waals surface area contributed by atoms with E-state index in [1.807, 2.05) is 66.0 Å². The topological polar surface area (TPSA) is 36.1 Å². The number of hydrogen-bond donors (Lipinski definition) is 1. The normalized spacial score (nSPS) is 12.2. The molecule has 0 saturated heterocycles. The number of fused-ring (bicyclic) bond motifs is 1. The molecule has 1 atom stereocenters. The van der Waals surface area contributed by atoms with Gasteiger partial charge in [-0.15, -0.1) is 11.3 Å². The number of H-pyrrole nitrogens is 1. The van der Waals surface area contributed by atoms with Crippen molar-refractivity contribution in [1.82, 2.24) is 9.88 Å². The number of para-hydroxylation sites is 1. The third-order valence-electron chi connectivity index (χ3n) is 4.54. The predicted molar refractivity (Wildman–Crippen MR) is 111 cm³/mol. The molecule has 1 amide bonds. The van der Waals surface area contributed by atoms with Gasteiger partial charge in [0.15, 0.2) is 0 Å². The highest BCUT2D eigenvalue weighted by Gasteiger charge is 2.28. The fourth-order valence-electron chi connectivity index (χ4n) is 3.26. The van der Waals surface area contributed by atoms with E-state index < -0.39 is 0 Å². The number of carbonyl (C=O) groups excluding carboxylic acids is 1. The van der Waals surface area contributed by atoms with Crippen LogP contribution in [0.3, 0.4) is 0 Å². The molecule has 0 bridgehead atoms. The second kappa shape index (κ2) is 7.09. The first kappa shape index (κ1) is 17.1. The molecule has 4 aromatic rings. The number of rotatable bonds is 4. The maximum absolute atomic E-state index is 13.2. The molecule has 1 N–H and O–H groups in total. The fraction of sp³-hybridized carbons (Fsp3) is 0.0952. The zero-order valence-electron chi connectivity index (χ0n) is 14.1. The lowest BCUT2D eigenvalue weighted by atomic mass is 10.0. The number of aromatic amines is 1. The molecule has 3 nitrogen and oxygen atoms in total. The molecule has 2 aromatic heterocycles. The lowest BCUT2D eigenvalue weighted by molar-refractivity contribution is 0.0757. The molecule has 2 aromatic carbocycles. The SMILES string of the molecule is CN(C(=O)c1ccccc1Br)[C@H](c1cccs1)c1c[nH]c2ccccc12. The van der Waals surface area contributed by atoms with Crippen molar-refractivity contribution < 1.29 is 4.79 Å². The Labute approximate surface area is 164 Å². The van der Waals surface area contributed by atoms with Crippen LogP contribution in [0, 0.1) is 0 Å². The Kier molecular flexibility index (Phi) is 4.66. The summed E-state index contributed by atoms with van der Waals surface area (Å²) in [6.45, 7) is 0. The quantitative estimate of drug-likeness (QED) is 0.437. The molecule has 26 heavy (non-hydrogen) atoms. The molecule has 5 heteroatoms. The minimum atomic E-state index is -0.147. The van der Waals surface area contributed by atoms with E-state index in [0.29, 0.717) is 5.56 Å². The van der Waals surface area contributed by atoms with Gasteiger partial charge in [-0.05, 0) is 45.6 Å². The van der Waals surface area contributed by atoms with Crippen molar-refractivity contribution >= 4 is 44.1 Å². The lowest BCUT2D eigenvalue weighted by Gasteiger charge is -2.28. The summed E-state index contributed by atoms with van der Waals surface area (Å²) in [4.78, 5) is 19.5. The maximum Gasteiger partial charge on any atom is 0.255 e. The van der Waals surface area contributed by atoms with Crippen molar-refractivity contribution in [3.8, 4) is 0 Å². The van der Waals surface area contributed by atoms with E-state index >= 15 is 0 Å². The summed E-state index contributed by atoms with van der Waals surface area (Å²) in [5.74, 6) is -0.0128. The van der Waals surface area contributed by atoms with Crippen LogP contribution in [0.25, 0.3) is 10.9 Å². The highest BCUT2D eigenvalue weighted by Crippen LogP contribution is 2.36. The van der Waals surface area contributed by atoms with Crippen molar-refractivity contribution in [2.45, 2.75) is 6.04 Å². The Morgan fingerprint density at radius 2 is 1.85 bits per heavy atom. The van der Waals surface area contributed by atoms with Crippen molar-refractivity contribution in [2.75, 3.05) is 7.05 Å². The number of amides is 1. The number of hydrogen-bond acceptors (Lipinski definition) is 2. The Hall–Kier alpha value is -2.37. The molecular weight excluding hydrogens is 408 g/mol. The number of thiophene rings is 1. The summed E-state index contributed by atoms with van der Waals surface area (Å²) in [5.41, 5.74) is 2.84. The highest BCUT2D eigenvalue weighted by atomic mass is 79.9. The Bertz CT molecular complexity index is 1050. The van der Waals surface area contributed by atoms with E-state index in [-0.39, 0.29) is 11.9 Å². The number of halogens is 1. The lowest BCUT2D eigenvalue weighted by Crippen LogP contribution is -2.31. The average Bonchev–Trinajstić information content (AvgIpc) is 3.33. The van der Waals surface area contributed by atoms with Crippen LogP contribution in [0.4, 0.5) is 0 Å². The summed E-state index contributed by atoms with van der Waals surface area (Å²) in [7, 11) is 1.87. The second-order valence-electron chi connectivity index (χ2n) is 6.10. The van der Waals surface area contributed by atoms with Gasteiger partial charge in [0.1, 0.15) is 0 Å². The molecule has 0 unspecified atom stereocenters. The van der Waals surface area contributed by atoms with E-state index in [1.165, 1.54) is 0 Å². The Balaban J connectivity index is 1.82. The van der Waals surface area contributed by atoms with Crippen molar-refractivity contribution in [1.29, 1.82) is 0 Å². The molecule has 0 aliphatic heterocycles. The molecule has 0 aliphatic rings. The zero-order chi connectivity index (χ0) is 18.1. The minimum absolute atomic E-state index is 0.0128. The number of aromatic nitrogens is 1. The highest BCUT2D eigenvalue weighted by molar-refractivity contribution is 9.10. The third kappa shape index (κ3) is 2.97. The fourth-order valence-corrected chi connectivity index (χ4v) is 4.60. The summed E-state index contributed by atoms with van der Waals surface area (Å²) in [5, 5.41) is 3.19. The third-order valence-corrected chi connectivity index (χ3v) is 6.16. The zero-order valence-corrected chi connectivity index (χ0v) is 16.5. The van der Waals surface area contributed by atoms with Gasteiger partial charge < -0.3 is 9.88 Å². The van der Waals surface area contributed by atoms with Gasteiger partial charge in [0, 0.05) is 39.1 Å². The van der Waals surface area contributed by atoms with Gasteiger partial charge in [0.25, 0.3) is 5.91 Å². The van der Waals surface area contributed by atoms with E-state index in [0.717, 1.165) is 25.8 Å². The first-order valence-electron chi connectivity index (χ1n) is 8.28. The van der Waals surface area contributed by atoms with Crippen molar-refractivity contribution in [3.63, 3.8) is 0 Å². The average molecular weight is 425 g/mol. The molecule has 0 fully saturated rings. The number of nitrogens with zero attached hydrogens (tertiary/aromatic N) is 1. The van der Waals surface area contributed by atoms with Crippen molar-refractivity contribution in [2.24, 2.45) is 0 Å². The molecule has 4 rings (SSSR count). The Morgan fingerprint density at radius 1 is 1.08 bits per heavy atom. The number of nitrogens with one attached hydrogen (secondary N) is 1. The predicted octanol–water partition coefficient (Wildman–Crippen LogP) is 5.85. The van der Waals surface area contributed by atoms with E-state index in [2.05, 4.69) is 39.1 Å². The molecule has 0 radical (unpaired) electrons. The van der Waals surface area contributed by atoms with Crippen LogP contribution in [0.5, 0.6) is 0 Å². The van der Waals surface area contributed by atoms with Crippen LogP contribution >= 0.6 is 27.3 Å². The van der Waals surface area contributed by atoms with Gasteiger partial charge in [-0.25, -0.2) is 0 Å². The van der Waals surface area contributed by atoms with E-state index in [1.54, 1.807) is 11.3 Å². The summed E-state index contributed by atoms with van der Waals surface area (Å²) < 4.78 is 0.806. The minimum Gasteiger partial charge on any atom is -0.361 e. The van der Waals surface area contributed by atoms with Crippen LogP contribution < -0.4 is 0 Å². The van der Waals surface area contributed by atoms with Gasteiger partial charge in [0.2, 0.25) is 0 Å². The molecule has 0 saturated carbocycles. The number of carbonyl (C=O) groups is 1. The van der Waals surface area contributed by atoms with Crippen LogP contribution in [0.2, 0.25) is 0 Å². The standard InChI is InChI=1S/C21H17BrN2OS/c1-24(21(25)15-8-2-4-9-17(15)22)20(19-11-6-12-26-19)16-13-23-18-10-5-3-7-14(16)18/h2-13,20,23H,1H3/t20-/m0/s1. The maximum atomic E-state index is 13.2. The van der Waals surface area contributed by atoms with Gasteiger partial charge in [-0.2, -0.15) is 0 Å². The van der Waals surface area contributed by atoms with Crippen LogP contribution in [0.15, 0.2) is 76.7 Å². The smallest absolute Gasteiger partial charge is 0.255 e. The largest absolute Gasteiger partial charge is 0.361 e. The van der Waals surface area contributed by atoms with Crippen LogP contribution in [-0.4, -0.2) is 22.8 Å². The van der Waals surface area contributed by atoms with Crippen LogP contribution in [-0.2, 0) is 0 Å². The van der Waals surface area contributed by atoms with Gasteiger partial charge in [-0.1, -0.05) is 36.4 Å². The van der Waals surface area contributed by atoms with E-state index in [4.69, 9.17) is 0 Å². The molecule has 0 aliphatic carbocycles. The molecule has 130 valence electrons. The summed E-state index contributed by atoms with van der Waals surface area (Å²) in [6.07, 6.45) is 2.01. The first-order chi connectivity index (χ1) is 12.7. The summed E-state index contributed by atoms with van der Waals surface area (Å²) in [6, 6.07) is 19.7. The summed E-state index contributed by atoms with van der Waals surface area (Å²) >= 11 is 5.16. The van der Waals surface area contributed by atoms with Gasteiger partial charge in [0.05, 0.1) is 11.6 Å². The monoisotopic (exact) mass is 424 g/mol. The number of benzene rings is 2. The first-order valence-corrected chi connectivity index (χ1v) is 9.95. The Morgan fingerprint density at radius 3 is 2.62 bits per heavy atom. The molecule has 2 heterocycles. The molecular formula is C21H17BrN2OS. The van der Waals surface area contributed by atoms with Crippen LogP contribution in [0.1, 0.15) is 26.8 Å². The van der Waals surface area contributed by atoms with Crippen molar-refractivity contribution in [3.05, 3.63) is 92.7 Å². The van der Waals surface area contributed by atoms with Gasteiger partial charge in [-0.3, -0.25) is 4.79 Å². The van der Waals surface area contributed by atoms with E-state index in [9.17, 15) is 4.79 Å².